The number of hydrogen-bond donors (Lipinski definition) is 0. The first kappa shape index (κ1) is 9.75. The predicted octanol–water partition coefficient (Wildman–Crippen LogP) is 3.75. The van der Waals surface area contributed by atoms with Gasteiger partial charge in [-0.05, 0) is 5.56 Å². The molecule has 0 spiro atoms. The van der Waals surface area contributed by atoms with Crippen LogP contribution in [0, 0.1) is 0 Å². The summed E-state index contributed by atoms with van der Waals surface area (Å²) < 4.78 is 0. The number of rotatable bonds is 5. The molecule has 0 atom stereocenters. The van der Waals surface area contributed by atoms with Gasteiger partial charge >= 0.3 is 0 Å². The third-order valence-electron chi connectivity index (χ3n) is 1.34. The van der Waals surface area contributed by atoms with E-state index < -0.39 is 0 Å². The summed E-state index contributed by atoms with van der Waals surface area (Å²) in [4.78, 5) is 0. The minimum absolute atomic E-state index is 1.03. The molecular formula is C10H12S2. The van der Waals surface area contributed by atoms with Crippen LogP contribution in [-0.2, 0) is 5.75 Å². The van der Waals surface area contributed by atoms with Gasteiger partial charge < -0.3 is 0 Å². The Morgan fingerprint density at radius 2 is 1.92 bits per heavy atom. The third kappa shape index (κ3) is 3.88. The maximum absolute atomic E-state index is 3.67. The number of hydrogen-bond acceptors (Lipinski definition) is 2. The highest BCUT2D eigenvalue weighted by atomic mass is 33.1. The van der Waals surface area contributed by atoms with Crippen molar-refractivity contribution in [2.45, 2.75) is 5.75 Å². The Labute approximate surface area is 81.8 Å². The molecule has 0 saturated carbocycles. The molecule has 0 aliphatic carbocycles. The van der Waals surface area contributed by atoms with Gasteiger partial charge in [0.15, 0.2) is 0 Å². The first-order valence-electron chi connectivity index (χ1n) is 3.82. The van der Waals surface area contributed by atoms with Crippen LogP contribution in [0.5, 0.6) is 0 Å². The van der Waals surface area contributed by atoms with Gasteiger partial charge in [-0.3, -0.25) is 0 Å². The van der Waals surface area contributed by atoms with Crippen LogP contribution >= 0.6 is 21.6 Å². The van der Waals surface area contributed by atoms with E-state index >= 15 is 0 Å². The molecule has 0 fully saturated rings. The fourth-order valence-electron chi connectivity index (χ4n) is 0.780. The zero-order chi connectivity index (χ0) is 8.65. The molecule has 0 nitrogen and oxygen atoms in total. The lowest BCUT2D eigenvalue weighted by molar-refractivity contribution is 1.43. The van der Waals surface area contributed by atoms with Gasteiger partial charge in [-0.25, -0.2) is 0 Å². The lowest BCUT2D eigenvalue weighted by Gasteiger charge is -1.98. The van der Waals surface area contributed by atoms with Gasteiger partial charge in [-0.15, -0.1) is 6.58 Å². The summed E-state index contributed by atoms with van der Waals surface area (Å²) in [6, 6.07) is 10.5. The molecule has 0 bridgehead atoms. The van der Waals surface area contributed by atoms with Gasteiger partial charge in [-0.1, -0.05) is 58.0 Å². The van der Waals surface area contributed by atoms with E-state index in [0.717, 1.165) is 11.5 Å². The van der Waals surface area contributed by atoms with Gasteiger partial charge in [-0.2, -0.15) is 0 Å². The second-order valence-electron chi connectivity index (χ2n) is 2.32. The molecule has 0 radical (unpaired) electrons. The van der Waals surface area contributed by atoms with Crippen LogP contribution in [0.4, 0.5) is 0 Å². The van der Waals surface area contributed by atoms with E-state index in [2.05, 4.69) is 30.8 Å². The van der Waals surface area contributed by atoms with Crippen molar-refractivity contribution in [3.63, 3.8) is 0 Å². The Kier molecular flexibility index (Phi) is 5.04. The van der Waals surface area contributed by atoms with Crippen LogP contribution in [0.1, 0.15) is 5.56 Å². The average Bonchev–Trinajstić information content (AvgIpc) is 2.14. The van der Waals surface area contributed by atoms with Gasteiger partial charge in [0.05, 0.1) is 0 Å². The highest BCUT2D eigenvalue weighted by Crippen LogP contribution is 2.25. The second kappa shape index (κ2) is 6.21. The fraction of sp³-hybridized carbons (Fsp3) is 0.200. The average molecular weight is 196 g/mol. The Balaban J connectivity index is 2.20. The third-order valence-corrected chi connectivity index (χ3v) is 3.59. The van der Waals surface area contributed by atoms with E-state index in [4.69, 9.17) is 0 Å². The fourth-order valence-corrected chi connectivity index (χ4v) is 2.62. The number of benzene rings is 1. The first-order valence-corrected chi connectivity index (χ1v) is 6.31. The maximum atomic E-state index is 3.67. The summed E-state index contributed by atoms with van der Waals surface area (Å²) in [6.07, 6.45) is 1.93. The molecule has 1 aromatic rings. The SMILES string of the molecule is C=CCSSCc1ccccc1. The zero-order valence-corrected chi connectivity index (χ0v) is 8.53. The predicted molar refractivity (Wildman–Crippen MR) is 60.4 cm³/mol. The largest absolute Gasteiger partial charge is 0.102 e. The normalized spacial score (nSPS) is 9.67. The van der Waals surface area contributed by atoms with Gasteiger partial charge in [0.1, 0.15) is 0 Å². The minimum Gasteiger partial charge on any atom is -0.102 e. The Morgan fingerprint density at radius 1 is 1.17 bits per heavy atom. The highest BCUT2D eigenvalue weighted by Gasteiger charge is 1.90. The molecule has 12 heavy (non-hydrogen) atoms. The maximum Gasteiger partial charge on any atom is 0.0288 e. The van der Waals surface area contributed by atoms with Crippen molar-refractivity contribution in [2.75, 3.05) is 5.75 Å². The van der Waals surface area contributed by atoms with Crippen molar-refractivity contribution in [2.24, 2.45) is 0 Å². The van der Waals surface area contributed by atoms with E-state index in [0.29, 0.717) is 0 Å². The van der Waals surface area contributed by atoms with Crippen LogP contribution in [0.2, 0.25) is 0 Å². The van der Waals surface area contributed by atoms with Gasteiger partial charge in [0.25, 0.3) is 0 Å². The van der Waals surface area contributed by atoms with Crippen molar-refractivity contribution < 1.29 is 0 Å². The van der Waals surface area contributed by atoms with E-state index in [1.807, 2.05) is 33.7 Å². The smallest absolute Gasteiger partial charge is 0.0288 e. The van der Waals surface area contributed by atoms with Crippen molar-refractivity contribution in [1.29, 1.82) is 0 Å². The molecule has 0 heterocycles. The molecule has 1 rings (SSSR count). The van der Waals surface area contributed by atoms with Gasteiger partial charge in [0, 0.05) is 11.5 Å². The van der Waals surface area contributed by atoms with Crippen LogP contribution in [-0.4, -0.2) is 5.75 Å². The van der Waals surface area contributed by atoms with E-state index in [1.54, 1.807) is 0 Å². The molecule has 64 valence electrons. The lowest BCUT2D eigenvalue weighted by atomic mass is 10.2. The Hall–Kier alpha value is -0.340. The topological polar surface area (TPSA) is 0 Å². The van der Waals surface area contributed by atoms with E-state index in [1.165, 1.54) is 5.56 Å². The van der Waals surface area contributed by atoms with Crippen LogP contribution in [0.3, 0.4) is 0 Å². The van der Waals surface area contributed by atoms with E-state index in [9.17, 15) is 0 Å². The van der Waals surface area contributed by atoms with Crippen molar-refractivity contribution in [1.82, 2.24) is 0 Å². The highest BCUT2D eigenvalue weighted by molar-refractivity contribution is 8.76. The first-order chi connectivity index (χ1) is 5.93. The van der Waals surface area contributed by atoms with Crippen LogP contribution in [0.25, 0.3) is 0 Å². The molecule has 2 heteroatoms. The molecule has 0 unspecified atom stereocenters. The molecule has 0 aromatic heterocycles. The standard InChI is InChI=1S/C10H12S2/c1-2-8-11-12-9-10-6-4-3-5-7-10/h2-7H,1,8-9H2. The molecule has 0 aliphatic heterocycles. The summed E-state index contributed by atoms with van der Waals surface area (Å²) in [5.74, 6) is 2.11. The molecule has 1 aromatic carbocycles. The molecule has 0 N–H and O–H groups in total. The summed E-state index contributed by atoms with van der Waals surface area (Å²) in [7, 11) is 3.72. The zero-order valence-electron chi connectivity index (χ0n) is 6.90. The quantitative estimate of drug-likeness (QED) is 0.399. The molecular weight excluding hydrogens is 184 g/mol. The monoisotopic (exact) mass is 196 g/mol. The molecule has 0 saturated heterocycles. The minimum atomic E-state index is 1.03. The molecule has 0 amide bonds. The lowest BCUT2D eigenvalue weighted by Crippen LogP contribution is -1.75. The summed E-state index contributed by atoms with van der Waals surface area (Å²) >= 11 is 0. The second-order valence-corrected chi connectivity index (χ2v) is 4.83. The summed E-state index contributed by atoms with van der Waals surface area (Å²) in [5, 5.41) is 0. The van der Waals surface area contributed by atoms with Crippen LogP contribution in [0.15, 0.2) is 43.0 Å². The summed E-state index contributed by atoms with van der Waals surface area (Å²) in [5.41, 5.74) is 1.39. The van der Waals surface area contributed by atoms with Crippen molar-refractivity contribution in [3.8, 4) is 0 Å². The van der Waals surface area contributed by atoms with Crippen molar-refractivity contribution in [3.05, 3.63) is 48.6 Å². The van der Waals surface area contributed by atoms with Gasteiger partial charge in [0.2, 0.25) is 0 Å². The molecule has 0 aliphatic rings. The van der Waals surface area contributed by atoms with E-state index in [-0.39, 0.29) is 0 Å². The Morgan fingerprint density at radius 3 is 2.58 bits per heavy atom. The van der Waals surface area contributed by atoms with Crippen molar-refractivity contribution >= 4 is 21.6 Å². The van der Waals surface area contributed by atoms with Crippen LogP contribution < -0.4 is 0 Å². The Bertz CT molecular complexity index is 219. The summed E-state index contributed by atoms with van der Waals surface area (Å²) in [6.45, 7) is 3.67.